The number of nitrogens with one attached hydrogen (secondary N) is 1. The van der Waals surface area contributed by atoms with Crippen molar-refractivity contribution in [2.75, 3.05) is 45.9 Å². The summed E-state index contributed by atoms with van der Waals surface area (Å²) in [5, 5.41) is 3.15. The number of piperazine rings is 1. The van der Waals surface area contributed by atoms with Crippen molar-refractivity contribution < 1.29 is 14.3 Å². The smallest absolute Gasteiger partial charge is 0.312 e. The van der Waals surface area contributed by atoms with Gasteiger partial charge in [-0.1, -0.05) is 23.7 Å². The molecule has 7 nitrogen and oxygen atoms in total. The van der Waals surface area contributed by atoms with Crippen molar-refractivity contribution in [3.8, 4) is 5.75 Å². The molecule has 3 N–H and O–H groups in total. The van der Waals surface area contributed by atoms with Crippen LogP contribution in [0.3, 0.4) is 0 Å². The van der Waals surface area contributed by atoms with Gasteiger partial charge in [-0.2, -0.15) is 0 Å². The molecule has 0 aliphatic carbocycles. The number of rotatable bonds is 9. The molecule has 3 amide bonds. The predicted molar refractivity (Wildman–Crippen MR) is 101 cm³/mol. The first-order chi connectivity index (χ1) is 12.6. The molecular weight excluding hydrogens is 356 g/mol. The zero-order valence-electron chi connectivity index (χ0n) is 15.0. The van der Waals surface area contributed by atoms with E-state index in [-0.39, 0.29) is 5.91 Å². The summed E-state index contributed by atoms with van der Waals surface area (Å²) >= 11 is 6.07. The Morgan fingerprint density at radius 1 is 1.15 bits per heavy atom. The van der Waals surface area contributed by atoms with Crippen LogP contribution in [0.5, 0.6) is 5.75 Å². The lowest BCUT2D eigenvalue weighted by Crippen LogP contribution is -2.49. The number of unbranched alkanes of at least 4 members (excludes halogenated alkanes) is 1. The Balaban J connectivity index is 1.57. The number of ether oxygens (including phenoxy) is 1. The highest BCUT2D eigenvalue weighted by atomic mass is 35.5. The van der Waals surface area contributed by atoms with Crippen LogP contribution in [-0.4, -0.2) is 67.6 Å². The van der Waals surface area contributed by atoms with Crippen molar-refractivity contribution >= 4 is 23.5 Å². The lowest BCUT2D eigenvalue weighted by Gasteiger charge is -2.34. The lowest BCUT2D eigenvalue weighted by molar-refractivity contribution is -0.133. The van der Waals surface area contributed by atoms with E-state index in [1.807, 2.05) is 29.2 Å². The second kappa shape index (κ2) is 10.9. The largest absolute Gasteiger partial charge is 0.491 e. The van der Waals surface area contributed by atoms with E-state index in [9.17, 15) is 9.59 Å². The number of benzene rings is 1. The number of carbonyl (C=O) groups is 2. The summed E-state index contributed by atoms with van der Waals surface area (Å²) in [7, 11) is 0. The number of amides is 3. The third-order valence-corrected chi connectivity index (χ3v) is 4.66. The Morgan fingerprint density at radius 3 is 2.58 bits per heavy atom. The lowest BCUT2D eigenvalue weighted by atomic mass is 10.2. The monoisotopic (exact) mass is 382 g/mol. The minimum atomic E-state index is -0.522. The summed E-state index contributed by atoms with van der Waals surface area (Å²) < 4.78 is 5.71. The number of hydrogen-bond donors (Lipinski definition) is 2. The molecular formula is C18H27ClN4O3. The number of primary amides is 1. The summed E-state index contributed by atoms with van der Waals surface area (Å²) in [5.41, 5.74) is 4.99. The van der Waals surface area contributed by atoms with Crippen LogP contribution in [0, 0.1) is 0 Å². The second-order valence-corrected chi connectivity index (χ2v) is 6.66. The first-order valence-corrected chi connectivity index (χ1v) is 9.35. The minimum Gasteiger partial charge on any atom is -0.491 e. The zero-order valence-corrected chi connectivity index (χ0v) is 15.7. The van der Waals surface area contributed by atoms with Gasteiger partial charge in [0.05, 0.1) is 5.02 Å². The Morgan fingerprint density at radius 2 is 1.88 bits per heavy atom. The summed E-state index contributed by atoms with van der Waals surface area (Å²) in [4.78, 5) is 27.0. The van der Waals surface area contributed by atoms with E-state index in [0.29, 0.717) is 30.3 Å². The third-order valence-electron chi connectivity index (χ3n) is 4.34. The van der Waals surface area contributed by atoms with Crippen molar-refractivity contribution in [3.63, 3.8) is 0 Å². The molecule has 1 aliphatic heterocycles. The SMILES string of the molecule is NC(=O)NCCCCC(=O)N1CCN(CCOc2ccccc2Cl)CC1. The molecule has 0 radical (unpaired) electrons. The summed E-state index contributed by atoms with van der Waals surface area (Å²) in [6.07, 6.45) is 2.02. The molecule has 1 saturated heterocycles. The minimum absolute atomic E-state index is 0.177. The number of nitrogens with zero attached hydrogens (tertiary/aromatic N) is 2. The molecule has 1 aliphatic rings. The van der Waals surface area contributed by atoms with Gasteiger partial charge < -0.3 is 20.7 Å². The van der Waals surface area contributed by atoms with Crippen LogP contribution in [0.25, 0.3) is 0 Å². The van der Waals surface area contributed by atoms with Crippen LogP contribution in [0.4, 0.5) is 4.79 Å². The fourth-order valence-electron chi connectivity index (χ4n) is 2.84. The predicted octanol–water partition coefficient (Wildman–Crippen LogP) is 1.70. The third kappa shape index (κ3) is 7.09. The first kappa shape index (κ1) is 20.3. The van der Waals surface area contributed by atoms with Gasteiger partial charge in [0.15, 0.2) is 0 Å². The highest BCUT2D eigenvalue weighted by Gasteiger charge is 2.20. The molecule has 0 saturated carbocycles. The maximum absolute atomic E-state index is 12.2. The number of urea groups is 1. The molecule has 0 spiro atoms. The highest BCUT2D eigenvalue weighted by Crippen LogP contribution is 2.22. The van der Waals surface area contributed by atoms with Crippen LogP contribution in [0.1, 0.15) is 19.3 Å². The van der Waals surface area contributed by atoms with Gasteiger partial charge in [0, 0.05) is 45.7 Å². The highest BCUT2D eigenvalue weighted by molar-refractivity contribution is 6.32. The molecule has 1 aromatic carbocycles. The topological polar surface area (TPSA) is 87.9 Å². The number of para-hydroxylation sites is 1. The van der Waals surface area contributed by atoms with Crippen LogP contribution >= 0.6 is 11.6 Å². The zero-order chi connectivity index (χ0) is 18.8. The Labute approximate surface area is 159 Å². The van der Waals surface area contributed by atoms with Crippen LogP contribution in [0.15, 0.2) is 24.3 Å². The Bertz CT molecular complexity index is 592. The molecule has 0 bridgehead atoms. The van der Waals surface area contributed by atoms with Crippen LogP contribution in [-0.2, 0) is 4.79 Å². The van der Waals surface area contributed by atoms with Gasteiger partial charge in [-0.25, -0.2) is 4.79 Å². The van der Waals surface area contributed by atoms with Gasteiger partial charge in [-0.3, -0.25) is 9.69 Å². The van der Waals surface area contributed by atoms with Crippen molar-refractivity contribution in [1.29, 1.82) is 0 Å². The first-order valence-electron chi connectivity index (χ1n) is 8.97. The second-order valence-electron chi connectivity index (χ2n) is 6.25. The molecule has 1 heterocycles. The van der Waals surface area contributed by atoms with E-state index in [0.717, 1.165) is 45.6 Å². The number of halogens is 1. The van der Waals surface area contributed by atoms with Gasteiger partial charge in [0.1, 0.15) is 12.4 Å². The maximum Gasteiger partial charge on any atom is 0.312 e. The van der Waals surface area contributed by atoms with E-state index in [1.165, 1.54) is 0 Å². The van der Waals surface area contributed by atoms with E-state index < -0.39 is 6.03 Å². The Hall–Kier alpha value is -1.99. The number of carbonyl (C=O) groups excluding carboxylic acids is 2. The fourth-order valence-corrected chi connectivity index (χ4v) is 3.03. The molecule has 0 unspecified atom stereocenters. The average molecular weight is 383 g/mol. The molecule has 0 atom stereocenters. The fraction of sp³-hybridized carbons (Fsp3) is 0.556. The van der Waals surface area contributed by atoms with Crippen LogP contribution < -0.4 is 15.8 Å². The van der Waals surface area contributed by atoms with E-state index >= 15 is 0 Å². The standard InChI is InChI=1S/C18H27ClN4O3/c19-15-5-1-2-6-16(15)26-14-13-22-9-11-23(12-10-22)17(24)7-3-4-8-21-18(20)25/h1-2,5-6H,3-4,7-14H2,(H3,20,21,25). The summed E-state index contributed by atoms with van der Waals surface area (Å²) in [5.74, 6) is 0.879. The molecule has 144 valence electrons. The van der Waals surface area contributed by atoms with E-state index in [1.54, 1.807) is 0 Å². The van der Waals surface area contributed by atoms with E-state index in [4.69, 9.17) is 22.1 Å². The maximum atomic E-state index is 12.2. The van der Waals surface area contributed by atoms with Gasteiger partial charge in [-0.05, 0) is 25.0 Å². The average Bonchev–Trinajstić information content (AvgIpc) is 2.63. The quantitative estimate of drug-likeness (QED) is 0.636. The van der Waals surface area contributed by atoms with Crippen molar-refractivity contribution in [2.24, 2.45) is 5.73 Å². The van der Waals surface area contributed by atoms with Crippen molar-refractivity contribution in [1.82, 2.24) is 15.1 Å². The molecule has 1 aromatic rings. The van der Waals surface area contributed by atoms with Gasteiger partial charge in [0.2, 0.25) is 5.91 Å². The normalized spacial score (nSPS) is 14.9. The molecule has 0 aromatic heterocycles. The molecule has 8 heteroatoms. The molecule has 1 fully saturated rings. The number of nitrogens with two attached hydrogens (primary N) is 1. The summed E-state index contributed by atoms with van der Waals surface area (Å²) in [6.45, 7) is 5.08. The van der Waals surface area contributed by atoms with E-state index in [2.05, 4.69) is 10.2 Å². The van der Waals surface area contributed by atoms with Gasteiger partial charge in [0.25, 0.3) is 0 Å². The van der Waals surface area contributed by atoms with Gasteiger partial charge >= 0.3 is 6.03 Å². The number of hydrogen-bond acceptors (Lipinski definition) is 4. The summed E-state index contributed by atoms with van der Waals surface area (Å²) in [6, 6.07) is 6.92. The van der Waals surface area contributed by atoms with Gasteiger partial charge in [-0.15, -0.1) is 0 Å². The van der Waals surface area contributed by atoms with Crippen molar-refractivity contribution in [3.05, 3.63) is 29.3 Å². The van der Waals surface area contributed by atoms with Crippen LogP contribution in [0.2, 0.25) is 5.02 Å². The van der Waals surface area contributed by atoms with Crippen molar-refractivity contribution in [2.45, 2.75) is 19.3 Å². The molecule has 26 heavy (non-hydrogen) atoms. The molecule has 2 rings (SSSR count). The Kier molecular flexibility index (Phi) is 8.50.